The van der Waals surface area contributed by atoms with Crippen molar-refractivity contribution in [2.45, 2.75) is 26.8 Å². The van der Waals surface area contributed by atoms with Crippen molar-refractivity contribution >= 4 is 40.4 Å². The van der Waals surface area contributed by atoms with Crippen LogP contribution >= 0.6 is 22.9 Å². The molecule has 1 saturated heterocycles. The van der Waals surface area contributed by atoms with Crippen LogP contribution in [0.5, 0.6) is 0 Å². The minimum Gasteiger partial charge on any atom is -0.340 e. The summed E-state index contributed by atoms with van der Waals surface area (Å²) in [5.74, 6) is -0.279. The van der Waals surface area contributed by atoms with Gasteiger partial charge < -0.3 is 9.80 Å². The molecule has 1 aromatic carbocycles. The van der Waals surface area contributed by atoms with E-state index in [0.717, 1.165) is 21.7 Å². The van der Waals surface area contributed by atoms with Crippen LogP contribution in [0.15, 0.2) is 30.3 Å². The van der Waals surface area contributed by atoms with Crippen LogP contribution in [0.25, 0.3) is 0 Å². The molecule has 0 radical (unpaired) electrons. The van der Waals surface area contributed by atoms with Crippen LogP contribution in [-0.4, -0.2) is 30.3 Å². The van der Waals surface area contributed by atoms with Crippen molar-refractivity contribution in [1.82, 2.24) is 4.90 Å². The molecule has 0 aliphatic carbocycles. The lowest BCUT2D eigenvalue weighted by Gasteiger charge is -2.22. The Hall–Kier alpha value is -1.85. The summed E-state index contributed by atoms with van der Waals surface area (Å²) in [6.07, 6.45) is 0.266. The molecule has 1 aliphatic heterocycles. The van der Waals surface area contributed by atoms with E-state index in [2.05, 4.69) is 0 Å². The minimum atomic E-state index is -0.298. The molecule has 1 fully saturated rings. The first-order valence-corrected chi connectivity index (χ1v) is 9.42. The van der Waals surface area contributed by atoms with Gasteiger partial charge in [-0.15, -0.1) is 11.3 Å². The summed E-state index contributed by atoms with van der Waals surface area (Å²) in [6, 6.07) is 9.69. The SMILES string of the molecule is Cc1cccc(N2C[C@H](C(=O)N(C)Cc3ccc(Cl)s3)CC2=O)c1C. The zero-order valence-electron chi connectivity index (χ0n) is 14.6. The van der Waals surface area contributed by atoms with Crippen molar-refractivity contribution in [2.75, 3.05) is 18.5 Å². The Morgan fingerprint density at radius 2 is 2.08 bits per heavy atom. The Balaban J connectivity index is 1.71. The number of hydrogen-bond donors (Lipinski definition) is 0. The highest BCUT2D eigenvalue weighted by Gasteiger charge is 2.37. The predicted octanol–water partition coefficient (Wildman–Crippen LogP) is 4.03. The molecule has 2 amide bonds. The number of aryl methyl sites for hydroxylation is 1. The maximum Gasteiger partial charge on any atom is 0.228 e. The summed E-state index contributed by atoms with van der Waals surface area (Å²) in [4.78, 5) is 29.7. The van der Waals surface area contributed by atoms with E-state index in [1.54, 1.807) is 16.8 Å². The van der Waals surface area contributed by atoms with Crippen molar-refractivity contribution < 1.29 is 9.59 Å². The van der Waals surface area contributed by atoms with Gasteiger partial charge in [0, 0.05) is 30.6 Å². The van der Waals surface area contributed by atoms with Gasteiger partial charge in [-0.05, 0) is 43.2 Å². The number of hydrogen-bond acceptors (Lipinski definition) is 3. The van der Waals surface area contributed by atoms with E-state index in [-0.39, 0.29) is 24.2 Å². The molecule has 0 unspecified atom stereocenters. The second-order valence-corrected chi connectivity index (χ2v) is 8.32. The topological polar surface area (TPSA) is 40.6 Å². The molecule has 25 heavy (non-hydrogen) atoms. The highest BCUT2D eigenvalue weighted by atomic mass is 35.5. The fourth-order valence-electron chi connectivity index (χ4n) is 3.19. The van der Waals surface area contributed by atoms with Gasteiger partial charge in [0.25, 0.3) is 0 Å². The summed E-state index contributed by atoms with van der Waals surface area (Å²) in [6.45, 7) is 5.00. The zero-order valence-corrected chi connectivity index (χ0v) is 16.2. The molecule has 2 heterocycles. The Morgan fingerprint density at radius 3 is 2.76 bits per heavy atom. The summed E-state index contributed by atoms with van der Waals surface area (Å²) >= 11 is 7.42. The fourth-order valence-corrected chi connectivity index (χ4v) is 4.34. The molecule has 0 spiro atoms. The third-order valence-corrected chi connectivity index (χ3v) is 5.96. The van der Waals surface area contributed by atoms with Gasteiger partial charge in [0.05, 0.1) is 16.8 Å². The van der Waals surface area contributed by atoms with Crippen molar-refractivity contribution in [3.05, 3.63) is 50.7 Å². The number of halogens is 1. The molecular formula is C19H21ClN2O2S. The van der Waals surface area contributed by atoms with Crippen LogP contribution in [0, 0.1) is 19.8 Å². The van der Waals surface area contributed by atoms with Gasteiger partial charge in [-0.25, -0.2) is 0 Å². The number of carbonyl (C=O) groups excluding carboxylic acids is 2. The molecule has 4 nitrogen and oxygen atoms in total. The molecular weight excluding hydrogens is 356 g/mol. The standard InChI is InChI=1S/C19H21ClN2O2S/c1-12-5-4-6-16(13(12)2)22-10-14(9-18(22)23)19(24)21(3)11-15-7-8-17(20)25-15/h4-8,14H,9-11H2,1-3H3/t14-/m1/s1. The van der Waals surface area contributed by atoms with Gasteiger partial charge in [0.15, 0.2) is 0 Å². The Labute approximate surface area is 157 Å². The highest BCUT2D eigenvalue weighted by molar-refractivity contribution is 7.16. The van der Waals surface area contributed by atoms with Crippen LogP contribution in [-0.2, 0) is 16.1 Å². The van der Waals surface area contributed by atoms with Gasteiger partial charge in [-0.3, -0.25) is 9.59 Å². The number of rotatable bonds is 4. The molecule has 1 atom stereocenters. The second kappa shape index (κ2) is 7.18. The van der Waals surface area contributed by atoms with Gasteiger partial charge >= 0.3 is 0 Å². The zero-order chi connectivity index (χ0) is 18.1. The summed E-state index contributed by atoms with van der Waals surface area (Å²) in [7, 11) is 1.78. The monoisotopic (exact) mass is 376 g/mol. The highest BCUT2D eigenvalue weighted by Crippen LogP contribution is 2.30. The fraction of sp³-hybridized carbons (Fsp3) is 0.368. The van der Waals surface area contributed by atoms with Crippen LogP contribution in [0.2, 0.25) is 4.34 Å². The second-order valence-electron chi connectivity index (χ2n) is 6.52. The van der Waals surface area contributed by atoms with Crippen LogP contribution in [0.1, 0.15) is 22.4 Å². The molecule has 0 bridgehead atoms. The van der Waals surface area contributed by atoms with E-state index in [1.165, 1.54) is 11.3 Å². The smallest absolute Gasteiger partial charge is 0.228 e. The summed E-state index contributed by atoms with van der Waals surface area (Å²) in [5.41, 5.74) is 3.14. The number of anilines is 1. The van der Waals surface area contributed by atoms with Gasteiger partial charge in [0.1, 0.15) is 0 Å². The third-order valence-electron chi connectivity index (χ3n) is 4.74. The average molecular weight is 377 g/mol. The lowest BCUT2D eigenvalue weighted by molar-refractivity contribution is -0.135. The normalized spacial score (nSPS) is 17.2. The van der Waals surface area contributed by atoms with Crippen molar-refractivity contribution in [3.8, 4) is 0 Å². The number of thiophene rings is 1. The van der Waals surface area contributed by atoms with E-state index < -0.39 is 0 Å². The number of amides is 2. The molecule has 132 valence electrons. The first kappa shape index (κ1) is 18.0. The molecule has 2 aromatic rings. The lowest BCUT2D eigenvalue weighted by atomic mass is 10.1. The van der Waals surface area contributed by atoms with E-state index in [0.29, 0.717) is 17.4 Å². The average Bonchev–Trinajstić information content (AvgIpc) is 3.15. The van der Waals surface area contributed by atoms with Crippen molar-refractivity contribution in [2.24, 2.45) is 5.92 Å². The molecule has 1 aliphatic rings. The van der Waals surface area contributed by atoms with E-state index >= 15 is 0 Å². The number of nitrogens with zero attached hydrogens (tertiary/aromatic N) is 2. The van der Waals surface area contributed by atoms with Gasteiger partial charge in [0.2, 0.25) is 11.8 Å². The number of carbonyl (C=O) groups is 2. The molecule has 3 rings (SSSR count). The Kier molecular flexibility index (Phi) is 5.16. The van der Waals surface area contributed by atoms with Crippen LogP contribution in [0.4, 0.5) is 5.69 Å². The first-order valence-electron chi connectivity index (χ1n) is 8.22. The predicted molar refractivity (Wildman–Crippen MR) is 102 cm³/mol. The molecule has 0 N–H and O–H groups in total. The van der Waals surface area contributed by atoms with Crippen LogP contribution in [0.3, 0.4) is 0 Å². The largest absolute Gasteiger partial charge is 0.340 e. The molecule has 1 aromatic heterocycles. The van der Waals surface area contributed by atoms with E-state index in [4.69, 9.17) is 11.6 Å². The molecule has 6 heteroatoms. The third kappa shape index (κ3) is 3.72. The Bertz CT molecular complexity index is 818. The Morgan fingerprint density at radius 1 is 1.32 bits per heavy atom. The van der Waals surface area contributed by atoms with Crippen molar-refractivity contribution in [1.29, 1.82) is 0 Å². The minimum absolute atomic E-state index is 0.00526. The van der Waals surface area contributed by atoms with E-state index in [1.807, 2.05) is 44.2 Å². The van der Waals surface area contributed by atoms with Gasteiger partial charge in [-0.1, -0.05) is 23.7 Å². The van der Waals surface area contributed by atoms with E-state index in [9.17, 15) is 9.59 Å². The lowest BCUT2D eigenvalue weighted by Crippen LogP contribution is -2.34. The summed E-state index contributed by atoms with van der Waals surface area (Å²) < 4.78 is 0.716. The van der Waals surface area contributed by atoms with Crippen molar-refractivity contribution in [3.63, 3.8) is 0 Å². The maximum absolute atomic E-state index is 12.7. The first-order chi connectivity index (χ1) is 11.9. The van der Waals surface area contributed by atoms with Gasteiger partial charge in [-0.2, -0.15) is 0 Å². The van der Waals surface area contributed by atoms with Crippen LogP contribution < -0.4 is 4.90 Å². The molecule has 0 saturated carbocycles. The summed E-state index contributed by atoms with van der Waals surface area (Å²) in [5, 5.41) is 0. The quantitative estimate of drug-likeness (QED) is 0.808. The number of benzene rings is 1. The maximum atomic E-state index is 12.7.